The largest absolute Gasteiger partial charge is 0.483 e. The molecule has 3 nitrogen and oxygen atoms in total. The van der Waals surface area contributed by atoms with Gasteiger partial charge in [0.05, 0.1) is 0 Å². The van der Waals surface area contributed by atoms with E-state index in [1.165, 1.54) is 0 Å². The molecular formula is C16H16ClNO2. The highest BCUT2D eigenvalue weighted by Crippen LogP contribution is 2.22. The standard InChI is InChI=1S/C16H16ClNO2/c1-11-5-3-6-12(2)16(11)20-10-15(19)18-14-8-4-7-13(17)9-14/h3-9H,10H2,1-2H3,(H,18,19). The third kappa shape index (κ3) is 3.75. The molecule has 0 spiro atoms. The van der Waals surface area contributed by atoms with Gasteiger partial charge in [-0.1, -0.05) is 35.9 Å². The summed E-state index contributed by atoms with van der Waals surface area (Å²) in [5.41, 5.74) is 2.69. The van der Waals surface area contributed by atoms with Crippen LogP contribution in [-0.4, -0.2) is 12.5 Å². The van der Waals surface area contributed by atoms with E-state index in [9.17, 15) is 4.79 Å². The van der Waals surface area contributed by atoms with Crippen molar-refractivity contribution in [1.29, 1.82) is 0 Å². The summed E-state index contributed by atoms with van der Waals surface area (Å²) in [5.74, 6) is 0.545. The summed E-state index contributed by atoms with van der Waals surface area (Å²) in [7, 11) is 0. The maximum Gasteiger partial charge on any atom is 0.262 e. The minimum atomic E-state index is -0.213. The van der Waals surface area contributed by atoms with Gasteiger partial charge in [0, 0.05) is 10.7 Å². The van der Waals surface area contributed by atoms with Crippen molar-refractivity contribution in [2.45, 2.75) is 13.8 Å². The molecule has 0 atom stereocenters. The summed E-state index contributed by atoms with van der Waals surface area (Å²) in [4.78, 5) is 11.8. The van der Waals surface area contributed by atoms with Crippen LogP contribution in [-0.2, 0) is 4.79 Å². The van der Waals surface area contributed by atoms with E-state index in [0.29, 0.717) is 10.7 Å². The summed E-state index contributed by atoms with van der Waals surface area (Å²) >= 11 is 5.86. The molecule has 104 valence electrons. The number of anilines is 1. The number of ether oxygens (including phenoxy) is 1. The first-order valence-electron chi connectivity index (χ1n) is 6.30. The Labute approximate surface area is 123 Å². The molecule has 0 aliphatic rings. The molecule has 0 saturated carbocycles. The lowest BCUT2D eigenvalue weighted by Crippen LogP contribution is -2.20. The summed E-state index contributed by atoms with van der Waals surface area (Å²) in [6, 6.07) is 12.9. The predicted octanol–water partition coefficient (Wildman–Crippen LogP) is 3.97. The molecule has 0 aromatic heterocycles. The second-order valence-corrected chi connectivity index (χ2v) is 5.00. The highest BCUT2D eigenvalue weighted by Gasteiger charge is 2.07. The smallest absolute Gasteiger partial charge is 0.262 e. The number of halogens is 1. The Kier molecular flexibility index (Phi) is 4.64. The summed E-state index contributed by atoms with van der Waals surface area (Å²) in [6.45, 7) is 3.88. The zero-order valence-corrected chi connectivity index (χ0v) is 12.2. The average molecular weight is 290 g/mol. The van der Waals surface area contributed by atoms with Crippen LogP contribution in [0.1, 0.15) is 11.1 Å². The maximum atomic E-state index is 11.8. The van der Waals surface area contributed by atoms with Crippen LogP contribution in [0.2, 0.25) is 5.02 Å². The van der Waals surface area contributed by atoms with Crippen molar-refractivity contribution >= 4 is 23.2 Å². The van der Waals surface area contributed by atoms with Crippen molar-refractivity contribution in [3.8, 4) is 5.75 Å². The molecule has 0 bridgehead atoms. The molecule has 4 heteroatoms. The fourth-order valence-electron chi connectivity index (χ4n) is 1.93. The van der Waals surface area contributed by atoms with Crippen LogP contribution in [0, 0.1) is 13.8 Å². The van der Waals surface area contributed by atoms with Crippen LogP contribution in [0.25, 0.3) is 0 Å². The molecule has 0 saturated heterocycles. The Morgan fingerprint density at radius 2 is 1.80 bits per heavy atom. The van der Waals surface area contributed by atoms with Gasteiger partial charge in [-0.2, -0.15) is 0 Å². The molecule has 0 aliphatic carbocycles. The first-order valence-corrected chi connectivity index (χ1v) is 6.68. The molecule has 2 aromatic carbocycles. The number of aryl methyl sites for hydroxylation is 2. The van der Waals surface area contributed by atoms with Crippen LogP contribution < -0.4 is 10.1 Å². The Bertz CT molecular complexity index is 605. The van der Waals surface area contributed by atoms with Gasteiger partial charge in [0.15, 0.2) is 6.61 Å². The number of benzene rings is 2. The topological polar surface area (TPSA) is 38.3 Å². The first kappa shape index (κ1) is 14.4. The van der Waals surface area contributed by atoms with E-state index in [0.717, 1.165) is 16.9 Å². The Hall–Kier alpha value is -2.00. The van der Waals surface area contributed by atoms with Crippen molar-refractivity contribution in [3.63, 3.8) is 0 Å². The molecule has 20 heavy (non-hydrogen) atoms. The Morgan fingerprint density at radius 3 is 2.45 bits per heavy atom. The van der Waals surface area contributed by atoms with Crippen molar-refractivity contribution < 1.29 is 9.53 Å². The molecule has 0 radical (unpaired) electrons. The second-order valence-electron chi connectivity index (χ2n) is 4.57. The van der Waals surface area contributed by atoms with E-state index in [2.05, 4.69) is 5.32 Å². The number of nitrogens with one attached hydrogen (secondary N) is 1. The summed E-state index contributed by atoms with van der Waals surface area (Å²) < 4.78 is 5.59. The Morgan fingerprint density at radius 1 is 1.15 bits per heavy atom. The van der Waals surface area contributed by atoms with Crippen LogP contribution in [0.5, 0.6) is 5.75 Å². The van der Waals surface area contributed by atoms with E-state index in [4.69, 9.17) is 16.3 Å². The fraction of sp³-hybridized carbons (Fsp3) is 0.188. The van der Waals surface area contributed by atoms with Gasteiger partial charge >= 0.3 is 0 Å². The van der Waals surface area contributed by atoms with Gasteiger partial charge in [-0.3, -0.25) is 4.79 Å². The van der Waals surface area contributed by atoms with E-state index in [1.54, 1.807) is 24.3 Å². The number of carbonyl (C=O) groups excluding carboxylic acids is 1. The van der Waals surface area contributed by atoms with Crippen LogP contribution in [0.4, 0.5) is 5.69 Å². The fourth-order valence-corrected chi connectivity index (χ4v) is 2.12. The molecule has 0 heterocycles. The third-order valence-electron chi connectivity index (χ3n) is 2.86. The zero-order valence-electron chi connectivity index (χ0n) is 11.4. The lowest BCUT2D eigenvalue weighted by Gasteiger charge is -2.12. The van der Waals surface area contributed by atoms with Crippen LogP contribution in [0.3, 0.4) is 0 Å². The van der Waals surface area contributed by atoms with Crippen molar-refractivity contribution in [3.05, 3.63) is 58.6 Å². The zero-order chi connectivity index (χ0) is 14.5. The SMILES string of the molecule is Cc1cccc(C)c1OCC(=O)Nc1cccc(Cl)c1. The monoisotopic (exact) mass is 289 g/mol. The van der Waals surface area contributed by atoms with E-state index >= 15 is 0 Å². The number of rotatable bonds is 4. The van der Waals surface area contributed by atoms with Gasteiger partial charge in [0.2, 0.25) is 0 Å². The highest BCUT2D eigenvalue weighted by atomic mass is 35.5. The Balaban J connectivity index is 1.96. The number of para-hydroxylation sites is 1. The predicted molar refractivity (Wildman–Crippen MR) is 81.5 cm³/mol. The van der Waals surface area contributed by atoms with E-state index < -0.39 is 0 Å². The quantitative estimate of drug-likeness (QED) is 0.925. The molecule has 1 N–H and O–H groups in total. The lowest BCUT2D eigenvalue weighted by molar-refractivity contribution is -0.118. The number of hydrogen-bond acceptors (Lipinski definition) is 2. The molecule has 0 unspecified atom stereocenters. The minimum Gasteiger partial charge on any atom is -0.483 e. The van der Waals surface area contributed by atoms with Crippen LogP contribution in [0.15, 0.2) is 42.5 Å². The summed E-state index contributed by atoms with van der Waals surface area (Å²) in [6.07, 6.45) is 0. The van der Waals surface area contributed by atoms with Crippen LogP contribution >= 0.6 is 11.6 Å². The van der Waals surface area contributed by atoms with Gasteiger partial charge in [-0.25, -0.2) is 0 Å². The van der Waals surface area contributed by atoms with E-state index in [1.807, 2.05) is 32.0 Å². The molecular weight excluding hydrogens is 274 g/mol. The minimum absolute atomic E-state index is 0.0296. The number of hydrogen-bond donors (Lipinski definition) is 1. The second kappa shape index (κ2) is 6.44. The van der Waals surface area contributed by atoms with Gasteiger partial charge in [-0.15, -0.1) is 0 Å². The van der Waals surface area contributed by atoms with Crippen molar-refractivity contribution in [1.82, 2.24) is 0 Å². The number of carbonyl (C=O) groups is 1. The van der Waals surface area contributed by atoms with Gasteiger partial charge in [0.1, 0.15) is 5.75 Å². The molecule has 2 aromatic rings. The lowest BCUT2D eigenvalue weighted by atomic mass is 10.1. The van der Waals surface area contributed by atoms with Gasteiger partial charge in [0.25, 0.3) is 5.91 Å². The molecule has 0 aliphatic heterocycles. The molecule has 1 amide bonds. The van der Waals surface area contributed by atoms with Gasteiger partial charge < -0.3 is 10.1 Å². The summed E-state index contributed by atoms with van der Waals surface area (Å²) in [5, 5.41) is 3.33. The average Bonchev–Trinajstić information content (AvgIpc) is 2.38. The van der Waals surface area contributed by atoms with E-state index in [-0.39, 0.29) is 12.5 Å². The molecule has 2 rings (SSSR count). The van der Waals surface area contributed by atoms with Gasteiger partial charge in [-0.05, 0) is 43.2 Å². The highest BCUT2D eigenvalue weighted by molar-refractivity contribution is 6.30. The van der Waals surface area contributed by atoms with Crippen molar-refractivity contribution in [2.75, 3.05) is 11.9 Å². The third-order valence-corrected chi connectivity index (χ3v) is 3.10. The first-order chi connectivity index (χ1) is 9.56. The number of amides is 1. The molecule has 0 fully saturated rings. The normalized spacial score (nSPS) is 10.2. The van der Waals surface area contributed by atoms with Crippen molar-refractivity contribution in [2.24, 2.45) is 0 Å². The maximum absolute atomic E-state index is 11.8.